The van der Waals surface area contributed by atoms with Gasteiger partial charge in [0.25, 0.3) is 10.1 Å². The maximum Gasteiger partial charge on any atom is 0.294 e. The molecule has 0 radical (unpaired) electrons. The van der Waals surface area contributed by atoms with E-state index in [0.29, 0.717) is 0 Å². The Kier molecular flexibility index (Phi) is 6.40. The first-order valence-electron chi connectivity index (χ1n) is 9.50. The highest BCUT2D eigenvalue weighted by Gasteiger charge is 2.16. The zero-order valence-electron chi connectivity index (χ0n) is 16.6. The number of nitrogens with zero attached hydrogens (tertiary/aromatic N) is 2. The van der Waals surface area contributed by atoms with E-state index < -0.39 is 10.1 Å². The van der Waals surface area contributed by atoms with Gasteiger partial charge in [0.2, 0.25) is 0 Å². The second-order valence-corrected chi connectivity index (χ2v) is 9.03. The van der Waals surface area contributed by atoms with Crippen molar-refractivity contribution in [3.05, 3.63) is 48.0 Å². The molecule has 0 atom stereocenters. The van der Waals surface area contributed by atoms with Gasteiger partial charge in [-0.1, -0.05) is 12.1 Å². The second kappa shape index (κ2) is 8.61. The van der Waals surface area contributed by atoms with Crippen molar-refractivity contribution >= 4 is 10.1 Å². The number of hydrogen-bond acceptors (Lipinski definition) is 5. The largest absolute Gasteiger partial charge is 0.491 e. The third kappa shape index (κ3) is 5.54. The summed E-state index contributed by atoms with van der Waals surface area (Å²) >= 11 is 0. The summed E-state index contributed by atoms with van der Waals surface area (Å²) in [5.74, 6) is 0.801. The van der Waals surface area contributed by atoms with Crippen LogP contribution in [0.25, 0.3) is 11.1 Å². The first-order chi connectivity index (χ1) is 13.2. The first kappa shape index (κ1) is 20.8. The number of piperazine rings is 1. The fourth-order valence-electron chi connectivity index (χ4n) is 3.34. The Morgan fingerprint density at radius 1 is 1.00 bits per heavy atom. The van der Waals surface area contributed by atoms with Crippen LogP contribution in [0, 0.1) is 0 Å². The average molecular weight is 405 g/mol. The van der Waals surface area contributed by atoms with E-state index >= 15 is 0 Å². The summed E-state index contributed by atoms with van der Waals surface area (Å²) in [6, 6.07) is 12.4. The van der Waals surface area contributed by atoms with Gasteiger partial charge in [0, 0.05) is 32.7 Å². The third-order valence-electron chi connectivity index (χ3n) is 4.83. The smallest absolute Gasteiger partial charge is 0.294 e. The maximum atomic E-state index is 11.3. The lowest BCUT2D eigenvalue weighted by molar-refractivity contribution is 0.148. The highest BCUT2D eigenvalue weighted by Crippen LogP contribution is 2.28. The van der Waals surface area contributed by atoms with Crippen molar-refractivity contribution in [1.82, 2.24) is 9.80 Å². The number of ether oxygens (including phenoxy) is 1. The van der Waals surface area contributed by atoms with E-state index in [2.05, 4.69) is 29.0 Å². The molecule has 28 heavy (non-hydrogen) atoms. The fourth-order valence-corrected chi connectivity index (χ4v) is 3.82. The van der Waals surface area contributed by atoms with Crippen LogP contribution in [0.5, 0.6) is 5.75 Å². The van der Waals surface area contributed by atoms with Crippen molar-refractivity contribution < 1.29 is 17.7 Å². The van der Waals surface area contributed by atoms with Crippen LogP contribution >= 0.6 is 0 Å². The van der Waals surface area contributed by atoms with Crippen molar-refractivity contribution in [1.29, 1.82) is 0 Å². The molecule has 2 aromatic carbocycles. The van der Waals surface area contributed by atoms with Crippen molar-refractivity contribution in [2.24, 2.45) is 0 Å². The van der Waals surface area contributed by atoms with Crippen molar-refractivity contribution in [3.8, 4) is 16.9 Å². The van der Waals surface area contributed by atoms with Crippen LogP contribution in [0.2, 0.25) is 0 Å². The molecule has 1 heterocycles. The molecule has 2 aromatic rings. The van der Waals surface area contributed by atoms with Crippen LogP contribution in [0.3, 0.4) is 0 Å². The highest BCUT2D eigenvalue weighted by atomic mass is 32.2. The van der Waals surface area contributed by atoms with Gasteiger partial charge in [0.15, 0.2) is 0 Å². The van der Waals surface area contributed by atoms with Crippen LogP contribution in [0.1, 0.15) is 19.4 Å². The molecule has 1 saturated heterocycles. The van der Waals surface area contributed by atoms with Crippen LogP contribution < -0.4 is 4.74 Å². The van der Waals surface area contributed by atoms with Gasteiger partial charge >= 0.3 is 0 Å². The molecule has 0 bridgehead atoms. The predicted molar refractivity (Wildman–Crippen MR) is 110 cm³/mol. The summed E-state index contributed by atoms with van der Waals surface area (Å²) in [5, 5.41) is 0. The van der Waals surface area contributed by atoms with Gasteiger partial charge in [0.05, 0.1) is 11.0 Å². The minimum atomic E-state index is -4.19. The second-order valence-electron chi connectivity index (χ2n) is 7.61. The topological polar surface area (TPSA) is 70.1 Å². The minimum Gasteiger partial charge on any atom is -0.491 e. The van der Waals surface area contributed by atoms with Gasteiger partial charge in [-0.15, -0.1) is 0 Å². The zero-order valence-corrected chi connectivity index (χ0v) is 17.4. The molecule has 7 heteroatoms. The third-order valence-corrected chi connectivity index (χ3v) is 5.69. The van der Waals surface area contributed by atoms with Gasteiger partial charge in [-0.3, -0.25) is 9.45 Å². The summed E-state index contributed by atoms with van der Waals surface area (Å²) in [4.78, 5) is 4.65. The predicted octanol–water partition coefficient (Wildman–Crippen LogP) is 3.13. The summed E-state index contributed by atoms with van der Waals surface area (Å²) in [7, 11) is -2.05. The van der Waals surface area contributed by atoms with E-state index in [4.69, 9.17) is 4.74 Å². The van der Waals surface area contributed by atoms with Crippen molar-refractivity contribution in [2.45, 2.75) is 31.4 Å². The van der Waals surface area contributed by atoms with Crippen LogP contribution in [-0.2, 0) is 16.7 Å². The average Bonchev–Trinajstić information content (AvgIpc) is 2.62. The summed E-state index contributed by atoms with van der Waals surface area (Å²) in [6.45, 7) is 9.02. The van der Waals surface area contributed by atoms with Crippen molar-refractivity contribution in [2.75, 3.05) is 33.2 Å². The molecule has 1 fully saturated rings. The van der Waals surface area contributed by atoms with Crippen LogP contribution in [0.4, 0.5) is 0 Å². The summed E-state index contributed by atoms with van der Waals surface area (Å²) in [5.41, 5.74) is 3.00. The molecule has 0 aliphatic carbocycles. The monoisotopic (exact) mass is 404 g/mol. The van der Waals surface area contributed by atoms with E-state index in [1.54, 1.807) is 12.1 Å². The van der Waals surface area contributed by atoms with Gasteiger partial charge in [0.1, 0.15) is 5.75 Å². The Bertz CT molecular complexity index is 903. The van der Waals surface area contributed by atoms with E-state index in [9.17, 15) is 13.0 Å². The quantitative estimate of drug-likeness (QED) is 0.746. The lowest BCUT2D eigenvalue weighted by Gasteiger charge is -2.32. The molecule has 1 aliphatic heterocycles. The standard InChI is InChI=1S/C21H28N2O4S/c1-16(2)27-20-13-17(15-23-10-8-22(3)9-11-23)12-19(14-20)18-4-6-21(7-5-18)28(24,25)26/h4-7,12-14,16H,8-11,15H2,1-3H3,(H,24,25,26). The Labute approximate surface area is 167 Å². The lowest BCUT2D eigenvalue weighted by Crippen LogP contribution is -2.43. The van der Waals surface area contributed by atoms with Gasteiger partial charge in [-0.05, 0) is 67.9 Å². The molecule has 3 rings (SSSR count). The number of hydrogen-bond donors (Lipinski definition) is 1. The maximum absolute atomic E-state index is 11.3. The molecule has 0 spiro atoms. The van der Waals surface area contributed by atoms with Gasteiger partial charge in [-0.2, -0.15) is 8.42 Å². The zero-order chi connectivity index (χ0) is 20.3. The Balaban J connectivity index is 1.89. The van der Waals surface area contributed by atoms with Crippen LogP contribution in [0.15, 0.2) is 47.4 Å². The first-order valence-corrected chi connectivity index (χ1v) is 10.9. The van der Waals surface area contributed by atoms with Gasteiger partial charge in [-0.25, -0.2) is 0 Å². The summed E-state index contributed by atoms with van der Waals surface area (Å²) in [6.07, 6.45) is 0.0636. The van der Waals surface area contributed by atoms with Crippen molar-refractivity contribution in [3.63, 3.8) is 0 Å². The Morgan fingerprint density at radius 2 is 1.64 bits per heavy atom. The number of rotatable bonds is 6. The van der Waals surface area contributed by atoms with Gasteiger partial charge < -0.3 is 9.64 Å². The highest BCUT2D eigenvalue weighted by molar-refractivity contribution is 7.85. The molecular weight excluding hydrogens is 376 g/mol. The van der Waals surface area contributed by atoms with E-state index in [-0.39, 0.29) is 11.0 Å². The molecule has 0 aromatic heterocycles. The number of likely N-dealkylation sites (N-methyl/N-ethyl adjacent to an activating group) is 1. The molecule has 0 saturated carbocycles. The van der Waals surface area contributed by atoms with E-state index in [1.807, 2.05) is 19.9 Å². The molecule has 6 nitrogen and oxygen atoms in total. The molecule has 1 N–H and O–H groups in total. The molecule has 152 valence electrons. The van der Waals surface area contributed by atoms with Crippen LogP contribution in [-0.4, -0.2) is 62.1 Å². The molecule has 0 unspecified atom stereocenters. The lowest BCUT2D eigenvalue weighted by atomic mass is 10.0. The van der Waals surface area contributed by atoms with E-state index in [1.165, 1.54) is 12.1 Å². The molecule has 1 aliphatic rings. The Morgan fingerprint density at radius 3 is 2.21 bits per heavy atom. The SMILES string of the molecule is CC(C)Oc1cc(CN2CCN(C)CC2)cc(-c2ccc(S(=O)(=O)O)cc2)c1. The van der Waals surface area contributed by atoms with E-state index in [0.717, 1.165) is 55.2 Å². The number of benzene rings is 2. The normalized spacial score (nSPS) is 16.5. The molecular formula is C21H28N2O4S. The molecule has 0 amide bonds. The Hall–Kier alpha value is -1.93. The minimum absolute atomic E-state index is 0.0636. The summed E-state index contributed by atoms with van der Waals surface area (Å²) < 4.78 is 37.7. The fraction of sp³-hybridized carbons (Fsp3) is 0.429.